The largest absolute Gasteiger partial charge is 0.278 e. The van der Waals surface area contributed by atoms with Gasteiger partial charge in [0.1, 0.15) is 0 Å². The predicted octanol–water partition coefficient (Wildman–Crippen LogP) is 2.47. The second-order valence-corrected chi connectivity index (χ2v) is 5.30. The molecule has 0 radical (unpaired) electrons. The Morgan fingerprint density at radius 1 is 1.36 bits per heavy atom. The SMILES string of the molecule is C=CCn1nnnc1Sc1ccc([N+](=O)[O-])c2cnccc12. The standard InChI is InChI=1S/C13H10N6O2S/c1-2-7-18-13(15-16-17-18)22-12-4-3-11(19(20)21)10-8-14-6-5-9(10)12/h2-6,8H,1,7H2. The van der Waals surface area contributed by atoms with Crippen LogP contribution in [0.5, 0.6) is 0 Å². The highest BCUT2D eigenvalue weighted by atomic mass is 32.2. The van der Waals surface area contributed by atoms with Gasteiger partial charge in [-0.05, 0) is 34.3 Å². The molecule has 0 saturated heterocycles. The zero-order valence-electron chi connectivity index (χ0n) is 11.3. The Bertz CT molecular complexity index is 863. The quantitative estimate of drug-likeness (QED) is 0.405. The van der Waals surface area contributed by atoms with Gasteiger partial charge in [0.05, 0.1) is 16.9 Å². The number of pyridine rings is 1. The molecule has 0 aliphatic heterocycles. The molecule has 2 heterocycles. The second kappa shape index (κ2) is 5.90. The number of benzene rings is 1. The number of nitro benzene ring substituents is 1. The number of tetrazole rings is 1. The Labute approximate surface area is 129 Å². The van der Waals surface area contributed by atoms with E-state index >= 15 is 0 Å². The zero-order valence-corrected chi connectivity index (χ0v) is 12.1. The molecular formula is C13H10N6O2S. The molecular weight excluding hydrogens is 304 g/mol. The fourth-order valence-corrected chi connectivity index (χ4v) is 2.92. The van der Waals surface area contributed by atoms with Crippen molar-refractivity contribution in [3.8, 4) is 0 Å². The molecule has 2 aromatic heterocycles. The van der Waals surface area contributed by atoms with Crippen LogP contribution in [0.2, 0.25) is 0 Å². The van der Waals surface area contributed by atoms with E-state index < -0.39 is 4.92 Å². The number of hydrogen-bond donors (Lipinski definition) is 0. The Morgan fingerprint density at radius 3 is 3.00 bits per heavy atom. The van der Waals surface area contributed by atoms with Gasteiger partial charge in [-0.15, -0.1) is 11.7 Å². The molecule has 9 heteroatoms. The first-order valence-corrected chi connectivity index (χ1v) is 7.08. The summed E-state index contributed by atoms with van der Waals surface area (Å²) in [5.74, 6) is 0. The van der Waals surface area contributed by atoms with Crippen LogP contribution in [0, 0.1) is 10.1 Å². The van der Waals surface area contributed by atoms with E-state index in [1.54, 1.807) is 29.1 Å². The summed E-state index contributed by atoms with van der Waals surface area (Å²) < 4.78 is 1.60. The molecule has 0 bridgehead atoms. The fraction of sp³-hybridized carbons (Fsp3) is 0.0769. The first-order valence-electron chi connectivity index (χ1n) is 6.26. The molecule has 0 unspecified atom stereocenters. The highest BCUT2D eigenvalue weighted by molar-refractivity contribution is 7.99. The third-order valence-electron chi connectivity index (χ3n) is 2.95. The van der Waals surface area contributed by atoms with Gasteiger partial charge in [-0.2, -0.15) is 0 Å². The number of hydrogen-bond acceptors (Lipinski definition) is 7. The van der Waals surface area contributed by atoms with Crippen molar-refractivity contribution >= 4 is 28.2 Å². The lowest BCUT2D eigenvalue weighted by Crippen LogP contribution is -1.99. The van der Waals surface area contributed by atoms with Crippen molar-refractivity contribution in [2.24, 2.45) is 0 Å². The van der Waals surface area contributed by atoms with Crippen LogP contribution in [0.1, 0.15) is 0 Å². The summed E-state index contributed by atoms with van der Waals surface area (Å²) in [6.45, 7) is 4.14. The van der Waals surface area contributed by atoms with Crippen molar-refractivity contribution < 1.29 is 4.92 Å². The van der Waals surface area contributed by atoms with Crippen molar-refractivity contribution in [3.63, 3.8) is 0 Å². The molecule has 0 N–H and O–H groups in total. The van der Waals surface area contributed by atoms with Crippen molar-refractivity contribution in [1.82, 2.24) is 25.2 Å². The summed E-state index contributed by atoms with van der Waals surface area (Å²) in [6.07, 6.45) is 4.78. The number of aromatic nitrogens is 5. The van der Waals surface area contributed by atoms with E-state index in [9.17, 15) is 10.1 Å². The van der Waals surface area contributed by atoms with Crippen LogP contribution >= 0.6 is 11.8 Å². The third-order valence-corrected chi connectivity index (χ3v) is 4.00. The number of fused-ring (bicyclic) bond motifs is 1. The van der Waals surface area contributed by atoms with E-state index in [0.717, 1.165) is 10.3 Å². The minimum Gasteiger partial charge on any atom is -0.264 e. The summed E-state index contributed by atoms with van der Waals surface area (Å²) in [6, 6.07) is 4.90. The molecule has 0 atom stereocenters. The second-order valence-electron chi connectivity index (χ2n) is 4.30. The number of nitro groups is 1. The molecule has 0 aliphatic rings. The molecule has 0 saturated carbocycles. The topological polar surface area (TPSA) is 99.6 Å². The molecule has 8 nitrogen and oxygen atoms in total. The first-order chi connectivity index (χ1) is 10.7. The Hall–Kier alpha value is -2.81. The van der Waals surface area contributed by atoms with E-state index in [0.29, 0.717) is 17.1 Å². The van der Waals surface area contributed by atoms with Gasteiger partial charge in [0, 0.05) is 28.7 Å². The van der Waals surface area contributed by atoms with Crippen LogP contribution in [0.15, 0.2) is 53.3 Å². The zero-order chi connectivity index (χ0) is 15.5. The van der Waals surface area contributed by atoms with Gasteiger partial charge in [0.25, 0.3) is 5.69 Å². The van der Waals surface area contributed by atoms with Crippen molar-refractivity contribution in [2.75, 3.05) is 0 Å². The van der Waals surface area contributed by atoms with Crippen LogP contribution in [0.25, 0.3) is 10.8 Å². The summed E-state index contributed by atoms with van der Waals surface area (Å²) in [5.41, 5.74) is 0.0260. The molecule has 3 aromatic rings. The van der Waals surface area contributed by atoms with E-state index in [1.807, 2.05) is 0 Å². The van der Waals surface area contributed by atoms with Gasteiger partial charge in [-0.1, -0.05) is 6.08 Å². The first kappa shape index (κ1) is 14.1. The molecule has 0 amide bonds. The van der Waals surface area contributed by atoms with Gasteiger partial charge in [0.2, 0.25) is 5.16 Å². The lowest BCUT2D eigenvalue weighted by atomic mass is 10.1. The normalized spacial score (nSPS) is 10.7. The molecule has 22 heavy (non-hydrogen) atoms. The maximum atomic E-state index is 11.1. The fourth-order valence-electron chi connectivity index (χ4n) is 2.00. The lowest BCUT2D eigenvalue weighted by Gasteiger charge is -2.06. The molecule has 110 valence electrons. The Morgan fingerprint density at radius 2 is 2.23 bits per heavy atom. The average molecular weight is 314 g/mol. The van der Waals surface area contributed by atoms with Crippen LogP contribution in [0.3, 0.4) is 0 Å². The van der Waals surface area contributed by atoms with E-state index in [1.165, 1.54) is 24.0 Å². The van der Waals surface area contributed by atoms with E-state index in [-0.39, 0.29) is 5.69 Å². The van der Waals surface area contributed by atoms with Crippen molar-refractivity contribution in [2.45, 2.75) is 16.6 Å². The monoisotopic (exact) mass is 314 g/mol. The minimum atomic E-state index is -0.416. The Kier molecular flexibility index (Phi) is 3.79. The predicted molar refractivity (Wildman–Crippen MR) is 80.5 cm³/mol. The number of rotatable bonds is 5. The number of nitrogens with zero attached hydrogens (tertiary/aromatic N) is 6. The maximum absolute atomic E-state index is 11.1. The van der Waals surface area contributed by atoms with Crippen molar-refractivity contribution in [1.29, 1.82) is 0 Å². The van der Waals surface area contributed by atoms with E-state index in [2.05, 4.69) is 27.1 Å². The molecule has 0 fully saturated rings. The van der Waals surface area contributed by atoms with Gasteiger partial charge >= 0.3 is 0 Å². The van der Waals surface area contributed by atoms with Crippen LogP contribution in [-0.2, 0) is 6.54 Å². The summed E-state index contributed by atoms with van der Waals surface area (Å²) >= 11 is 1.34. The molecule has 1 aromatic carbocycles. The molecule has 0 aliphatic carbocycles. The van der Waals surface area contributed by atoms with Gasteiger partial charge < -0.3 is 0 Å². The number of non-ortho nitro benzene ring substituents is 1. The Balaban J connectivity index is 2.08. The van der Waals surface area contributed by atoms with Gasteiger partial charge in [-0.25, -0.2) is 4.68 Å². The third kappa shape index (κ3) is 2.53. The molecule has 3 rings (SSSR count). The smallest absolute Gasteiger partial charge is 0.264 e. The van der Waals surface area contributed by atoms with Crippen LogP contribution < -0.4 is 0 Å². The van der Waals surface area contributed by atoms with Crippen LogP contribution in [0.4, 0.5) is 5.69 Å². The number of allylic oxidation sites excluding steroid dienone is 1. The minimum absolute atomic E-state index is 0.0260. The summed E-state index contributed by atoms with van der Waals surface area (Å²) in [7, 11) is 0. The van der Waals surface area contributed by atoms with Crippen LogP contribution in [-0.4, -0.2) is 30.1 Å². The molecule has 0 spiro atoms. The lowest BCUT2D eigenvalue weighted by molar-refractivity contribution is -0.383. The van der Waals surface area contributed by atoms with Crippen molar-refractivity contribution in [3.05, 3.63) is 53.4 Å². The summed E-state index contributed by atoms with van der Waals surface area (Å²) in [5, 5.41) is 24.4. The van der Waals surface area contributed by atoms with E-state index in [4.69, 9.17) is 0 Å². The van der Waals surface area contributed by atoms with Gasteiger partial charge in [0.15, 0.2) is 0 Å². The maximum Gasteiger partial charge on any atom is 0.278 e. The summed E-state index contributed by atoms with van der Waals surface area (Å²) in [4.78, 5) is 15.5. The highest BCUT2D eigenvalue weighted by Gasteiger charge is 2.16. The highest BCUT2D eigenvalue weighted by Crippen LogP contribution is 2.35. The average Bonchev–Trinajstić information content (AvgIpc) is 2.95. The van der Waals surface area contributed by atoms with Gasteiger partial charge in [-0.3, -0.25) is 15.1 Å².